The first-order valence-corrected chi connectivity index (χ1v) is 5.59. The summed E-state index contributed by atoms with van der Waals surface area (Å²) in [6.07, 6.45) is 4.34. The predicted octanol–water partition coefficient (Wildman–Crippen LogP) is 1.90. The Morgan fingerprint density at radius 2 is 2.31 bits per heavy atom. The molecule has 4 nitrogen and oxygen atoms in total. The molecule has 0 bridgehead atoms. The fraction of sp³-hybridized carbons (Fsp3) is 0.500. The predicted molar refractivity (Wildman–Crippen MR) is 65.6 cm³/mol. The minimum absolute atomic E-state index is 0.0490. The van der Waals surface area contributed by atoms with Gasteiger partial charge in [-0.1, -0.05) is 20.3 Å². The number of aromatic nitrogens is 1. The second-order valence-electron chi connectivity index (χ2n) is 3.89. The third-order valence-electron chi connectivity index (χ3n) is 2.64. The number of nitrogens with one attached hydrogen (secondary N) is 2. The molecular weight excluding hydrogens is 202 g/mol. The summed E-state index contributed by atoms with van der Waals surface area (Å²) in [6.45, 7) is 4.94. The van der Waals surface area contributed by atoms with Gasteiger partial charge in [-0.3, -0.25) is 9.78 Å². The van der Waals surface area contributed by atoms with Crippen molar-refractivity contribution in [2.75, 3.05) is 18.9 Å². The normalized spacial score (nSPS) is 11.9. The SMILES string of the molecule is CCC(C)CNC(=O)c1ccncc1NC. The Morgan fingerprint density at radius 1 is 1.56 bits per heavy atom. The van der Waals surface area contributed by atoms with Gasteiger partial charge in [-0.2, -0.15) is 0 Å². The van der Waals surface area contributed by atoms with Gasteiger partial charge in [0.05, 0.1) is 17.4 Å². The quantitative estimate of drug-likeness (QED) is 0.798. The monoisotopic (exact) mass is 221 g/mol. The Labute approximate surface area is 96.5 Å². The number of anilines is 1. The molecule has 0 aliphatic carbocycles. The molecule has 0 fully saturated rings. The zero-order valence-electron chi connectivity index (χ0n) is 10.1. The van der Waals surface area contributed by atoms with Crippen molar-refractivity contribution >= 4 is 11.6 Å². The lowest BCUT2D eigenvalue weighted by Crippen LogP contribution is -2.28. The first-order chi connectivity index (χ1) is 7.69. The Kier molecular flexibility index (Phi) is 4.76. The van der Waals surface area contributed by atoms with E-state index in [9.17, 15) is 4.79 Å². The van der Waals surface area contributed by atoms with Crippen molar-refractivity contribution < 1.29 is 4.79 Å². The summed E-state index contributed by atoms with van der Waals surface area (Å²) in [6, 6.07) is 1.72. The van der Waals surface area contributed by atoms with Crippen molar-refractivity contribution in [3.05, 3.63) is 24.0 Å². The van der Waals surface area contributed by atoms with Crippen LogP contribution in [0, 0.1) is 5.92 Å². The number of amides is 1. The molecule has 0 spiro atoms. The van der Waals surface area contributed by atoms with Gasteiger partial charge < -0.3 is 10.6 Å². The summed E-state index contributed by atoms with van der Waals surface area (Å²) in [5.41, 5.74) is 1.39. The third kappa shape index (κ3) is 3.22. The third-order valence-corrected chi connectivity index (χ3v) is 2.64. The molecule has 0 aliphatic rings. The van der Waals surface area contributed by atoms with Crippen LogP contribution in [0.2, 0.25) is 0 Å². The molecule has 1 amide bonds. The van der Waals surface area contributed by atoms with Crippen LogP contribution in [0.5, 0.6) is 0 Å². The highest BCUT2D eigenvalue weighted by Crippen LogP contribution is 2.12. The number of pyridine rings is 1. The maximum atomic E-state index is 11.9. The number of nitrogens with zero attached hydrogens (tertiary/aromatic N) is 1. The van der Waals surface area contributed by atoms with Gasteiger partial charge in [0, 0.05) is 19.8 Å². The van der Waals surface area contributed by atoms with Gasteiger partial charge in [0.15, 0.2) is 0 Å². The highest BCUT2D eigenvalue weighted by molar-refractivity contribution is 5.99. The molecule has 0 radical (unpaired) electrons. The standard InChI is InChI=1S/C12H19N3O/c1-4-9(2)7-15-12(16)10-5-6-14-8-11(10)13-3/h5-6,8-9,13H,4,7H2,1-3H3,(H,15,16). The molecule has 1 heterocycles. The maximum absolute atomic E-state index is 11.9. The zero-order chi connectivity index (χ0) is 12.0. The first kappa shape index (κ1) is 12.5. The van der Waals surface area contributed by atoms with E-state index in [1.165, 1.54) is 0 Å². The van der Waals surface area contributed by atoms with Gasteiger partial charge in [0.2, 0.25) is 0 Å². The van der Waals surface area contributed by atoms with Crippen LogP contribution in [-0.4, -0.2) is 24.5 Å². The number of hydrogen-bond acceptors (Lipinski definition) is 3. The molecule has 2 N–H and O–H groups in total. The minimum atomic E-state index is -0.0490. The van der Waals surface area contributed by atoms with Gasteiger partial charge in [0.1, 0.15) is 0 Å². The van der Waals surface area contributed by atoms with E-state index in [1.54, 1.807) is 25.5 Å². The van der Waals surface area contributed by atoms with E-state index < -0.39 is 0 Å². The van der Waals surface area contributed by atoms with Crippen molar-refractivity contribution in [1.29, 1.82) is 0 Å². The fourth-order valence-electron chi connectivity index (χ4n) is 1.30. The molecule has 0 saturated carbocycles. The molecular formula is C12H19N3O. The summed E-state index contributed by atoms with van der Waals surface area (Å²) in [5.74, 6) is 0.455. The molecule has 1 atom stereocenters. The number of hydrogen-bond donors (Lipinski definition) is 2. The average Bonchev–Trinajstić information content (AvgIpc) is 2.35. The fourth-order valence-corrected chi connectivity index (χ4v) is 1.30. The Morgan fingerprint density at radius 3 is 2.94 bits per heavy atom. The number of carbonyl (C=O) groups is 1. The largest absolute Gasteiger partial charge is 0.386 e. The van der Waals surface area contributed by atoms with E-state index in [1.807, 2.05) is 0 Å². The van der Waals surface area contributed by atoms with Gasteiger partial charge in [-0.15, -0.1) is 0 Å². The lowest BCUT2D eigenvalue weighted by Gasteiger charge is -2.12. The van der Waals surface area contributed by atoms with Crippen LogP contribution >= 0.6 is 0 Å². The molecule has 1 rings (SSSR count). The van der Waals surface area contributed by atoms with E-state index >= 15 is 0 Å². The second-order valence-corrected chi connectivity index (χ2v) is 3.89. The second kappa shape index (κ2) is 6.10. The zero-order valence-corrected chi connectivity index (χ0v) is 10.1. The summed E-state index contributed by atoms with van der Waals surface area (Å²) in [4.78, 5) is 15.8. The van der Waals surface area contributed by atoms with Crippen molar-refractivity contribution in [3.8, 4) is 0 Å². The van der Waals surface area contributed by atoms with Crippen molar-refractivity contribution in [1.82, 2.24) is 10.3 Å². The molecule has 1 aromatic rings. The van der Waals surface area contributed by atoms with Crippen molar-refractivity contribution in [3.63, 3.8) is 0 Å². The lowest BCUT2D eigenvalue weighted by molar-refractivity contribution is 0.0948. The molecule has 16 heavy (non-hydrogen) atoms. The molecule has 0 aromatic carbocycles. The van der Waals surface area contributed by atoms with Crippen LogP contribution in [0.25, 0.3) is 0 Å². The maximum Gasteiger partial charge on any atom is 0.253 e. The van der Waals surface area contributed by atoms with Crippen LogP contribution in [0.3, 0.4) is 0 Å². The highest BCUT2D eigenvalue weighted by atomic mass is 16.1. The van der Waals surface area contributed by atoms with Crippen molar-refractivity contribution in [2.24, 2.45) is 5.92 Å². The van der Waals surface area contributed by atoms with Gasteiger partial charge in [0.25, 0.3) is 5.91 Å². The van der Waals surface area contributed by atoms with Crippen LogP contribution in [-0.2, 0) is 0 Å². The van der Waals surface area contributed by atoms with E-state index in [0.717, 1.165) is 12.1 Å². The molecule has 4 heteroatoms. The summed E-state index contributed by atoms with van der Waals surface area (Å²) in [5, 5.41) is 5.87. The van der Waals surface area contributed by atoms with Gasteiger partial charge >= 0.3 is 0 Å². The minimum Gasteiger partial charge on any atom is -0.386 e. The van der Waals surface area contributed by atoms with Gasteiger partial charge in [-0.05, 0) is 12.0 Å². The van der Waals surface area contributed by atoms with E-state index in [-0.39, 0.29) is 5.91 Å². The lowest BCUT2D eigenvalue weighted by atomic mass is 10.1. The Bertz CT molecular complexity index is 352. The number of rotatable bonds is 5. The van der Waals surface area contributed by atoms with E-state index in [4.69, 9.17) is 0 Å². The summed E-state index contributed by atoms with van der Waals surface area (Å²) >= 11 is 0. The molecule has 1 aromatic heterocycles. The Hall–Kier alpha value is -1.58. The first-order valence-electron chi connectivity index (χ1n) is 5.59. The topological polar surface area (TPSA) is 54.0 Å². The van der Waals surface area contributed by atoms with Gasteiger partial charge in [-0.25, -0.2) is 0 Å². The van der Waals surface area contributed by atoms with Crippen molar-refractivity contribution in [2.45, 2.75) is 20.3 Å². The van der Waals surface area contributed by atoms with E-state index in [0.29, 0.717) is 18.0 Å². The summed E-state index contributed by atoms with van der Waals surface area (Å²) < 4.78 is 0. The number of carbonyl (C=O) groups excluding carboxylic acids is 1. The van der Waals surface area contributed by atoms with Crippen LogP contribution in [0.1, 0.15) is 30.6 Å². The molecule has 0 saturated heterocycles. The Balaban J connectivity index is 2.65. The van der Waals surface area contributed by atoms with E-state index in [2.05, 4.69) is 29.5 Å². The van der Waals surface area contributed by atoms with Crippen LogP contribution in [0.4, 0.5) is 5.69 Å². The van der Waals surface area contributed by atoms with Crippen LogP contribution in [0.15, 0.2) is 18.5 Å². The molecule has 0 aliphatic heterocycles. The summed E-state index contributed by atoms with van der Waals surface area (Å²) in [7, 11) is 1.78. The average molecular weight is 221 g/mol. The van der Waals surface area contributed by atoms with Crippen LogP contribution < -0.4 is 10.6 Å². The smallest absolute Gasteiger partial charge is 0.253 e. The molecule has 1 unspecified atom stereocenters. The molecule has 88 valence electrons. The highest BCUT2D eigenvalue weighted by Gasteiger charge is 2.10.